The Labute approximate surface area is 177 Å². The molecule has 0 radical (unpaired) electrons. The molecule has 8 aliphatic rings. The van der Waals surface area contributed by atoms with E-state index in [-0.39, 0.29) is 11.1 Å². The molecule has 8 bridgehead atoms. The maximum absolute atomic E-state index is 12.5. The fraction of sp³-hybridized carbons (Fsp3) is 0.870. The molecule has 0 heterocycles. The highest BCUT2D eigenvalue weighted by Gasteiger charge is 2.53. The minimum atomic E-state index is -0.737. The molecule has 0 atom stereocenters. The summed E-state index contributed by atoms with van der Waals surface area (Å²) in [4.78, 5) is 37.3. The summed E-state index contributed by atoms with van der Waals surface area (Å²) in [7, 11) is 0. The largest absolute Gasteiger partial charge is 0.332 e. The average molecular weight is 415 g/mol. The van der Waals surface area contributed by atoms with Gasteiger partial charge in [-0.15, -0.1) is 0 Å². The van der Waals surface area contributed by atoms with Crippen molar-refractivity contribution in [3.63, 3.8) is 0 Å². The van der Waals surface area contributed by atoms with Crippen LogP contribution in [0.15, 0.2) is 0 Å². The van der Waals surface area contributed by atoms with Crippen LogP contribution in [0.5, 0.6) is 0 Å². The van der Waals surface area contributed by atoms with Crippen LogP contribution in [0.25, 0.3) is 0 Å². The van der Waals surface area contributed by atoms with Crippen molar-refractivity contribution >= 4 is 18.1 Å². The van der Waals surface area contributed by atoms with Crippen LogP contribution in [0.2, 0.25) is 0 Å². The Balaban J connectivity index is 1.01. The van der Waals surface area contributed by atoms with Gasteiger partial charge in [0.15, 0.2) is 0 Å². The monoisotopic (exact) mass is 414 g/mol. The van der Waals surface area contributed by atoms with Gasteiger partial charge in [-0.2, -0.15) is 0 Å². The fourth-order valence-electron chi connectivity index (χ4n) is 9.31. The summed E-state index contributed by atoms with van der Waals surface area (Å²) in [6, 6.07) is -1.69. The highest BCUT2D eigenvalue weighted by molar-refractivity contribution is 6.01. The van der Waals surface area contributed by atoms with Crippen LogP contribution in [0.4, 0.5) is 14.4 Å². The van der Waals surface area contributed by atoms with Gasteiger partial charge in [0.2, 0.25) is 0 Å². The number of urea groups is 3. The lowest BCUT2D eigenvalue weighted by Gasteiger charge is -2.56. The van der Waals surface area contributed by atoms with E-state index in [1.807, 2.05) is 0 Å². The molecule has 0 aromatic rings. The van der Waals surface area contributed by atoms with E-state index < -0.39 is 18.1 Å². The zero-order valence-corrected chi connectivity index (χ0v) is 17.7. The number of amides is 6. The number of hydrogen-bond donors (Lipinski definition) is 4. The predicted octanol–water partition coefficient (Wildman–Crippen LogP) is 3.64. The van der Waals surface area contributed by atoms with Gasteiger partial charge in [-0.25, -0.2) is 14.4 Å². The van der Waals surface area contributed by atoms with Crippen molar-refractivity contribution in [1.82, 2.24) is 21.3 Å². The second kappa shape index (κ2) is 6.60. The molecule has 0 aromatic carbocycles. The summed E-state index contributed by atoms with van der Waals surface area (Å²) in [5.41, 5.74) is -0.304. The minimum Gasteiger partial charge on any atom is -0.332 e. The lowest BCUT2D eigenvalue weighted by Crippen LogP contribution is -2.64. The van der Waals surface area contributed by atoms with Gasteiger partial charge in [-0.3, -0.25) is 10.6 Å². The van der Waals surface area contributed by atoms with Gasteiger partial charge in [-0.1, -0.05) is 0 Å². The molecule has 8 rings (SSSR count). The molecule has 8 aliphatic carbocycles. The zero-order valence-electron chi connectivity index (χ0n) is 17.7. The second-order valence-electron chi connectivity index (χ2n) is 11.9. The molecule has 0 aliphatic heterocycles. The molecule has 0 unspecified atom stereocenters. The van der Waals surface area contributed by atoms with E-state index in [2.05, 4.69) is 21.3 Å². The van der Waals surface area contributed by atoms with E-state index in [1.165, 1.54) is 38.5 Å². The SMILES string of the molecule is O=C(NC(=O)NC12CC3CC(CC(C3)C1)C2)NC(=O)NC12CC3CC(CC(C3)C1)C2. The second-order valence-corrected chi connectivity index (χ2v) is 11.9. The van der Waals surface area contributed by atoms with Crippen LogP contribution in [-0.2, 0) is 0 Å². The van der Waals surface area contributed by atoms with Crippen molar-refractivity contribution in [3.05, 3.63) is 0 Å². The van der Waals surface area contributed by atoms with Gasteiger partial charge in [0.1, 0.15) is 0 Å². The molecule has 0 saturated heterocycles. The van der Waals surface area contributed by atoms with Gasteiger partial charge < -0.3 is 10.6 Å². The molecule has 8 fully saturated rings. The highest BCUT2D eigenvalue weighted by Crippen LogP contribution is 2.56. The minimum absolute atomic E-state index is 0.152. The quantitative estimate of drug-likeness (QED) is 0.555. The Morgan fingerprint density at radius 2 is 0.733 bits per heavy atom. The number of carbonyl (C=O) groups excluding carboxylic acids is 3. The average Bonchev–Trinajstić information content (AvgIpc) is 2.57. The third-order valence-corrected chi connectivity index (χ3v) is 9.29. The molecule has 0 aromatic heterocycles. The normalized spacial score (nSPS) is 47.1. The Morgan fingerprint density at radius 1 is 0.467 bits per heavy atom. The summed E-state index contributed by atoms with van der Waals surface area (Å²) in [5, 5.41) is 10.9. The first-order valence-corrected chi connectivity index (χ1v) is 12.1. The first kappa shape index (κ1) is 18.9. The third-order valence-electron chi connectivity index (χ3n) is 9.29. The van der Waals surface area contributed by atoms with E-state index >= 15 is 0 Å². The highest BCUT2D eigenvalue weighted by atomic mass is 16.2. The van der Waals surface area contributed by atoms with Gasteiger partial charge in [0.05, 0.1) is 0 Å². The number of hydrogen-bond acceptors (Lipinski definition) is 3. The number of carbonyl (C=O) groups is 3. The first-order chi connectivity index (χ1) is 14.4. The maximum atomic E-state index is 12.5. The molecular weight excluding hydrogens is 380 g/mol. The third kappa shape index (κ3) is 3.38. The lowest BCUT2D eigenvalue weighted by atomic mass is 9.53. The molecule has 164 valence electrons. The summed E-state index contributed by atoms with van der Waals surface area (Å²) in [6.45, 7) is 0. The summed E-state index contributed by atoms with van der Waals surface area (Å²) in [6.07, 6.45) is 14.0. The number of nitrogens with one attached hydrogen (secondary N) is 4. The molecule has 7 nitrogen and oxygen atoms in total. The fourth-order valence-corrected chi connectivity index (χ4v) is 9.31. The summed E-state index contributed by atoms with van der Waals surface area (Å²) in [5.74, 6) is 4.31. The predicted molar refractivity (Wildman–Crippen MR) is 111 cm³/mol. The van der Waals surface area contributed by atoms with Gasteiger partial charge >= 0.3 is 18.1 Å². The van der Waals surface area contributed by atoms with Crippen molar-refractivity contribution in [3.8, 4) is 0 Å². The van der Waals surface area contributed by atoms with Crippen LogP contribution < -0.4 is 21.3 Å². The van der Waals surface area contributed by atoms with Crippen molar-refractivity contribution in [2.45, 2.75) is 88.1 Å². The van der Waals surface area contributed by atoms with E-state index in [4.69, 9.17) is 0 Å². The molecule has 30 heavy (non-hydrogen) atoms. The topological polar surface area (TPSA) is 99.3 Å². The van der Waals surface area contributed by atoms with E-state index in [1.54, 1.807) is 0 Å². The smallest absolute Gasteiger partial charge is 0.330 e. The molecule has 8 saturated carbocycles. The van der Waals surface area contributed by atoms with Crippen molar-refractivity contribution in [2.24, 2.45) is 35.5 Å². The van der Waals surface area contributed by atoms with Crippen LogP contribution in [0, 0.1) is 35.5 Å². The van der Waals surface area contributed by atoms with Crippen LogP contribution in [0.1, 0.15) is 77.0 Å². The molecule has 0 spiro atoms. The standard InChI is InChI=1S/C23H34N4O3/c28-19(24-20(29)26-22-7-13-1-14(8-22)3-15(2-13)9-22)25-21(30)27-23-10-16-4-17(11-23)6-18(5-16)12-23/h13-18H,1-12H2,(H4,24,25,26,27,28,29,30). The Morgan fingerprint density at radius 3 is 1.00 bits per heavy atom. The summed E-state index contributed by atoms with van der Waals surface area (Å²) >= 11 is 0. The Hall–Kier alpha value is -1.79. The van der Waals surface area contributed by atoms with E-state index in [9.17, 15) is 14.4 Å². The van der Waals surface area contributed by atoms with Gasteiger partial charge in [0.25, 0.3) is 0 Å². The maximum Gasteiger partial charge on any atom is 0.330 e. The zero-order chi connectivity index (χ0) is 20.5. The van der Waals surface area contributed by atoms with Crippen molar-refractivity contribution < 1.29 is 14.4 Å². The van der Waals surface area contributed by atoms with Gasteiger partial charge in [0, 0.05) is 11.1 Å². The van der Waals surface area contributed by atoms with Crippen LogP contribution in [0.3, 0.4) is 0 Å². The van der Waals surface area contributed by atoms with Gasteiger partial charge in [-0.05, 0) is 113 Å². The number of rotatable bonds is 2. The molecule has 4 N–H and O–H groups in total. The van der Waals surface area contributed by atoms with E-state index in [0.717, 1.165) is 74.0 Å². The first-order valence-electron chi connectivity index (χ1n) is 12.1. The Kier molecular flexibility index (Phi) is 4.17. The van der Waals surface area contributed by atoms with E-state index in [0.29, 0.717) is 0 Å². The summed E-state index contributed by atoms with van der Waals surface area (Å²) < 4.78 is 0. The Bertz CT molecular complexity index is 646. The molecule has 6 amide bonds. The number of imide groups is 2. The van der Waals surface area contributed by atoms with Crippen LogP contribution in [-0.4, -0.2) is 29.2 Å². The lowest BCUT2D eigenvalue weighted by molar-refractivity contribution is -0.0133. The van der Waals surface area contributed by atoms with Crippen LogP contribution >= 0.6 is 0 Å². The molecular formula is C23H34N4O3. The van der Waals surface area contributed by atoms with Crippen molar-refractivity contribution in [2.75, 3.05) is 0 Å². The van der Waals surface area contributed by atoms with Crippen molar-refractivity contribution in [1.29, 1.82) is 0 Å². The molecule has 7 heteroatoms.